The molecule has 8 heteroatoms. The summed E-state index contributed by atoms with van der Waals surface area (Å²) in [5, 5.41) is 0. The maximum absolute atomic E-state index is 13.6. The normalized spacial score (nSPS) is 11.7. The molecule has 0 saturated heterocycles. The molecule has 0 bridgehead atoms. The molecule has 6 nitrogen and oxygen atoms in total. The topological polar surface area (TPSA) is 81.3 Å². The number of nitrogens with zero attached hydrogens (tertiary/aromatic N) is 1. The number of hydrogen-bond acceptors (Lipinski definition) is 4. The van der Waals surface area contributed by atoms with E-state index in [1.54, 1.807) is 0 Å². The van der Waals surface area contributed by atoms with Crippen LogP contribution in [0.4, 0.5) is 10.1 Å². The van der Waals surface area contributed by atoms with E-state index < -0.39 is 21.6 Å². The van der Waals surface area contributed by atoms with Crippen LogP contribution in [0, 0.1) is 5.82 Å². The number of benzene rings is 2. The second-order valence-electron chi connectivity index (χ2n) is 4.64. The Hall–Kier alpha value is -2.61. The molecule has 0 fully saturated rings. The van der Waals surface area contributed by atoms with E-state index in [1.807, 2.05) is 0 Å². The largest absolute Gasteiger partial charge is 0.419 e. The summed E-state index contributed by atoms with van der Waals surface area (Å²) in [6.07, 6.45) is 0. The van der Waals surface area contributed by atoms with E-state index in [4.69, 9.17) is 4.42 Å². The number of para-hydroxylation sites is 1. The third kappa shape index (κ3) is 2.37. The first-order chi connectivity index (χ1) is 10.4. The molecule has 2 aromatic carbocycles. The van der Waals surface area contributed by atoms with Crippen molar-refractivity contribution < 1.29 is 17.2 Å². The van der Waals surface area contributed by atoms with Crippen LogP contribution < -0.4 is 10.5 Å². The third-order valence-electron chi connectivity index (χ3n) is 3.19. The second-order valence-corrected chi connectivity index (χ2v) is 6.32. The van der Waals surface area contributed by atoms with Crippen LogP contribution in [-0.2, 0) is 17.1 Å². The van der Waals surface area contributed by atoms with Crippen molar-refractivity contribution >= 4 is 26.8 Å². The molecule has 0 aliphatic rings. The number of nitrogens with one attached hydrogen (secondary N) is 1. The molecule has 0 spiro atoms. The Morgan fingerprint density at radius 3 is 2.64 bits per heavy atom. The maximum atomic E-state index is 13.6. The predicted molar refractivity (Wildman–Crippen MR) is 78.7 cm³/mol. The average Bonchev–Trinajstić information content (AvgIpc) is 2.76. The van der Waals surface area contributed by atoms with Gasteiger partial charge in [-0.2, -0.15) is 0 Å². The number of sulfonamides is 1. The van der Waals surface area contributed by atoms with Gasteiger partial charge in [-0.15, -0.1) is 0 Å². The number of aryl methyl sites for hydroxylation is 1. The van der Waals surface area contributed by atoms with Crippen LogP contribution in [0.15, 0.2) is 56.6 Å². The number of anilines is 1. The molecule has 1 aromatic heterocycles. The molecule has 0 radical (unpaired) electrons. The first kappa shape index (κ1) is 14.3. The van der Waals surface area contributed by atoms with E-state index >= 15 is 0 Å². The zero-order valence-electron chi connectivity index (χ0n) is 11.4. The van der Waals surface area contributed by atoms with Gasteiger partial charge < -0.3 is 4.42 Å². The van der Waals surface area contributed by atoms with Gasteiger partial charge in [0.2, 0.25) is 0 Å². The van der Waals surface area contributed by atoms with Crippen LogP contribution in [0.1, 0.15) is 0 Å². The first-order valence-corrected chi connectivity index (χ1v) is 7.74. The van der Waals surface area contributed by atoms with Crippen molar-refractivity contribution in [3.63, 3.8) is 0 Å². The molecule has 0 aliphatic carbocycles. The average molecular weight is 322 g/mol. The number of rotatable bonds is 3. The fourth-order valence-electron chi connectivity index (χ4n) is 2.02. The Balaban J connectivity index is 2.07. The summed E-state index contributed by atoms with van der Waals surface area (Å²) >= 11 is 0. The van der Waals surface area contributed by atoms with Gasteiger partial charge in [-0.25, -0.2) is 17.6 Å². The Labute approximate surface area is 124 Å². The molecule has 3 rings (SSSR count). The van der Waals surface area contributed by atoms with Crippen LogP contribution in [0.3, 0.4) is 0 Å². The van der Waals surface area contributed by atoms with Crippen molar-refractivity contribution in [2.24, 2.45) is 7.05 Å². The zero-order chi connectivity index (χ0) is 15.9. The standard InChI is InChI=1S/C14H11FN2O4S/c1-17-12-8-9(6-7-13(12)21-14(17)18)22(19,20)16-11-5-3-2-4-10(11)15/h2-8,16H,1H3. The van der Waals surface area contributed by atoms with Crippen molar-refractivity contribution in [2.45, 2.75) is 4.90 Å². The van der Waals surface area contributed by atoms with Gasteiger partial charge in [-0.3, -0.25) is 9.29 Å². The van der Waals surface area contributed by atoms with Gasteiger partial charge in [0.25, 0.3) is 10.0 Å². The van der Waals surface area contributed by atoms with Gasteiger partial charge >= 0.3 is 5.76 Å². The van der Waals surface area contributed by atoms with Crippen molar-refractivity contribution in [3.05, 3.63) is 58.8 Å². The minimum atomic E-state index is -3.98. The SMILES string of the molecule is Cn1c(=O)oc2ccc(S(=O)(=O)Nc3ccccc3F)cc21. The van der Waals surface area contributed by atoms with Crippen LogP contribution in [0.2, 0.25) is 0 Å². The predicted octanol–water partition coefficient (Wildman–Crippen LogP) is 2.07. The summed E-state index contributed by atoms with van der Waals surface area (Å²) < 4.78 is 46.5. The summed E-state index contributed by atoms with van der Waals surface area (Å²) in [7, 11) is -2.51. The van der Waals surface area contributed by atoms with E-state index in [1.165, 1.54) is 48.0 Å². The Bertz CT molecular complexity index is 1020. The summed E-state index contributed by atoms with van der Waals surface area (Å²) in [5.41, 5.74) is 0.461. The van der Waals surface area contributed by atoms with E-state index in [0.29, 0.717) is 5.52 Å². The van der Waals surface area contributed by atoms with Crippen LogP contribution in [-0.4, -0.2) is 13.0 Å². The number of halogens is 1. The Morgan fingerprint density at radius 2 is 1.91 bits per heavy atom. The van der Waals surface area contributed by atoms with Crippen LogP contribution in [0.5, 0.6) is 0 Å². The molecule has 0 atom stereocenters. The molecule has 114 valence electrons. The first-order valence-electron chi connectivity index (χ1n) is 6.25. The zero-order valence-corrected chi connectivity index (χ0v) is 12.2. The van der Waals surface area contributed by atoms with Crippen molar-refractivity contribution in [3.8, 4) is 0 Å². The fraction of sp³-hybridized carbons (Fsp3) is 0.0714. The monoisotopic (exact) mass is 322 g/mol. The third-order valence-corrected chi connectivity index (χ3v) is 4.55. The molecule has 1 N–H and O–H groups in total. The highest BCUT2D eigenvalue weighted by Gasteiger charge is 2.18. The molecule has 1 heterocycles. The lowest BCUT2D eigenvalue weighted by Crippen LogP contribution is -2.14. The summed E-state index contributed by atoms with van der Waals surface area (Å²) in [5.74, 6) is -1.27. The summed E-state index contributed by atoms with van der Waals surface area (Å²) in [4.78, 5) is 11.3. The lowest BCUT2D eigenvalue weighted by atomic mass is 10.3. The molecule has 22 heavy (non-hydrogen) atoms. The number of fused-ring (bicyclic) bond motifs is 1. The van der Waals surface area contributed by atoms with Gasteiger partial charge in [-0.05, 0) is 30.3 Å². The van der Waals surface area contributed by atoms with E-state index in [9.17, 15) is 17.6 Å². The second kappa shape index (κ2) is 4.99. The van der Waals surface area contributed by atoms with E-state index in [0.717, 1.165) is 6.07 Å². The van der Waals surface area contributed by atoms with Crippen LogP contribution in [0.25, 0.3) is 11.1 Å². The molecule has 3 aromatic rings. The fourth-order valence-corrected chi connectivity index (χ4v) is 3.11. The highest BCUT2D eigenvalue weighted by molar-refractivity contribution is 7.92. The quantitative estimate of drug-likeness (QED) is 0.800. The lowest BCUT2D eigenvalue weighted by Gasteiger charge is -2.08. The molecule has 0 aliphatic heterocycles. The highest BCUT2D eigenvalue weighted by atomic mass is 32.2. The molecular weight excluding hydrogens is 311 g/mol. The van der Waals surface area contributed by atoms with Crippen molar-refractivity contribution in [1.82, 2.24) is 4.57 Å². The minimum absolute atomic E-state index is 0.0975. The van der Waals surface area contributed by atoms with Gasteiger partial charge in [-0.1, -0.05) is 12.1 Å². The van der Waals surface area contributed by atoms with Gasteiger partial charge in [0.1, 0.15) is 5.82 Å². The molecular formula is C14H11FN2O4S. The molecule has 0 saturated carbocycles. The highest BCUT2D eigenvalue weighted by Crippen LogP contribution is 2.22. The summed E-state index contributed by atoms with van der Waals surface area (Å²) in [6.45, 7) is 0. The van der Waals surface area contributed by atoms with Crippen molar-refractivity contribution in [1.29, 1.82) is 0 Å². The van der Waals surface area contributed by atoms with E-state index in [-0.39, 0.29) is 16.2 Å². The number of aromatic nitrogens is 1. The van der Waals surface area contributed by atoms with Gasteiger partial charge in [0.05, 0.1) is 16.1 Å². The summed E-state index contributed by atoms with van der Waals surface area (Å²) in [6, 6.07) is 9.41. The smallest absolute Gasteiger partial charge is 0.408 e. The molecule has 0 amide bonds. The van der Waals surface area contributed by atoms with Gasteiger partial charge in [0, 0.05) is 7.05 Å². The minimum Gasteiger partial charge on any atom is -0.408 e. The number of hydrogen-bond donors (Lipinski definition) is 1. The molecule has 0 unspecified atom stereocenters. The van der Waals surface area contributed by atoms with E-state index in [2.05, 4.69) is 4.72 Å². The Kier molecular flexibility index (Phi) is 3.25. The number of oxazole rings is 1. The lowest BCUT2D eigenvalue weighted by molar-refractivity contribution is 0.528. The van der Waals surface area contributed by atoms with Gasteiger partial charge in [0.15, 0.2) is 5.58 Å². The van der Waals surface area contributed by atoms with Crippen molar-refractivity contribution in [2.75, 3.05) is 4.72 Å². The maximum Gasteiger partial charge on any atom is 0.419 e. The Morgan fingerprint density at radius 1 is 1.18 bits per heavy atom. The van der Waals surface area contributed by atoms with Crippen LogP contribution >= 0.6 is 0 Å².